The molecule has 6 nitrogen and oxygen atoms in total. The first kappa shape index (κ1) is 28.0. The number of hydrogen-bond donors (Lipinski definition) is 1. The van der Waals surface area contributed by atoms with Crippen molar-refractivity contribution in [3.8, 4) is 0 Å². The van der Waals surface area contributed by atoms with Gasteiger partial charge in [0.15, 0.2) is 0 Å². The van der Waals surface area contributed by atoms with Crippen LogP contribution in [-0.2, 0) is 15.8 Å². The van der Waals surface area contributed by atoms with Crippen LogP contribution < -0.4 is 0 Å². The molecule has 0 unspecified atom stereocenters. The van der Waals surface area contributed by atoms with Gasteiger partial charge in [-0.15, -0.1) is 0 Å². The Morgan fingerprint density at radius 1 is 0.944 bits per heavy atom. The van der Waals surface area contributed by atoms with Crippen molar-refractivity contribution in [2.24, 2.45) is 0 Å². The van der Waals surface area contributed by atoms with Crippen LogP contribution in [0, 0.1) is 5.21 Å². The average molecular weight is 511 g/mol. The summed E-state index contributed by atoms with van der Waals surface area (Å²) in [6, 6.07) is 26.7. The van der Waals surface area contributed by atoms with Crippen LogP contribution in [0.2, 0.25) is 5.02 Å². The maximum Gasteiger partial charge on any atom is 0.328 e. The van der Waals surface area contributed by atoms with Crippen molar-refractivity contribution in [2.75, 3.05) is 33.7 Å². The Labute approximate surface area is 218 Å². The molecule has 7 heteroatoms. The number of carbonyl (C=O) groups excluding carboxylic acids is 1. The number of amides is 1. The molecular formula is C29H35ClN2O4. The van der Waals surface area contributed by atoms with Crippen molar-refractivity contribution < 1.29 is 20.0 Å². The highest BCUT2D eigenvalue weighted by molar-refractivity contribution is 6.30. The molecule has 1 aliphatic rings. The maximum absolute atomic E-state index is 13.9. The van der Waals surface area contributed by atoms with Gasteiger partial charge in [0.05, 0.1) is 19.7 Å². The molecule has 0 atom stereocenters. The Bertz CT molecular complexity index is 1080. The summed E-state index contributed by atoms with van der Waals surface area (Å²) in [6.07, 6.45) is 1.66. The second kappa shape index (κ2) is 11.2. The van der Waals surface area contributed by atoms with Crippen LogP contribution in [0.5, 0.6) is 0 Å². The van der Waals surface area contributed by atoms with Gasteiger partial charge in [0.25, 0.3) is 0 Å². The van der Waals surface area contributed by atoms with Gasteiger partial charge < -0.3 is 25.3 Å². The summed E-state index contributed by atoms with van der Waals surface area (Å²) in [5, 5.41) is 25.0. The number of aliphatic hydroxyl groups is 1. The second-order valence-electron chi connectivity index (χ2n) is 9.92. The van der Waals surface area contributed by atoms with Crippen molar-refractivity contribution >= 4 is 17.5 Å². The Morgan fingerprint density at radius 3 is 1.86 bits per heavy atom. The van der Waals surface area contributed by atoms with Crippen molar-refractivity contribution in [3.63, 3.8) is 0 Å². The largest absolute Gasteiger partial charge is 0.626 e. The fraction of sp³-hybridized carbons (Fsp3) is 0.345. The van der Waals surface area contributed by atoms with Crippen LogP contribution in [0.4, 0.5) is 0 Å². The first-order valence-corrected chi connectivity index (χ1v) is 12.4. The molecular weight excluding hydrogens is 476 g/mol. The smallest absolute Gasteiger partial charge is 0.328 e. The lowest BCUT2D eigenvalue weighted by atomic mass is 9.70. The number of halogens is 1. The SMILES string of the molecule is C[N+](C)([O-])C(=O)C(CCN1CCC(O)(c2ccc(Cl)cc2)CC1)(c1ccccc1)c1ccccc1.O. The predicted molar refractivity (Wildman–Crippen MR) is 143 cm³/mol. The van der Waals surface area contributed by atoms with E-state index in [0.717, 1.165) is 16.7 Å². The Hall–Kier alpha value is -2.58. The minimum atomic E-state index is -1.07. The number of hydroxylamine groups is 3. The van der Waals surface area contributed by atoms with E-state index in [1.165, 1.54) is 14.1 Å². The van der Waals surface area contributed by atoms with Crippen LogP contribution >= 0.6 is 11.6 Å². The number of nitrogens with zero attached hydrogens (tertiary/aromatic N) is 2. The van der Waals surface area contributed by atoms with E-state index in [1.807, 2.05) is 84.9 Å². The molecule has 0 radical (unpaired) electrons. The van der Waals surface area contributed by atoms with Gasteiger partial charge in [0.1, 0.15) is 5.41 Å². The van der Waals surface area contributed by atoms with Crippen LogP contribution in [0.1, 0.15) is 36.0 Å². The van der Waals surface area contributed by atoms with Gasteiger partial charge in [-0.25, -0.2) is 4.79 Å². The molecule has 3 N–H and O–H groups in total. The third kappa shape index (κ3) is 5.70. The van der Waals surface area contributed by atoms with Crippen LogP contribution in [0.15, 0.2) is 84.9 Å². The van der Waals surface area contributed by atoms with Gasteiger partial charge in [0.2, 0.25) is 0 Å². The summed E-state index contributed by atoms with van der Waals surface area (Å²) in [5.74, 6) is -0.385. The lowest BCUT2D eigenvalue weighted by Gasteiger charge is -2.43. The lowest BCUT2D eigenvalue weighted by Crippen LogP contribution is -2.54. The Morgan fingerprint density at radius 2 is 1.42 bits per heavy atom. The van der Waals surface area contributed by atoms with Crippen molar-refractivity contribution in [3.05, 3.63) is 112 Å². The molecule has 0 aliphatic carbocycles. The predicted octanol–water partition coefficient (Wildman–Crippen LogP) is 4.28. The van der Waals surface area contributed by atoms with Crippen LogP contribution in [0.3, 0.4) is 0 Å². The zero-order valence-electron chi connectivity index (χ0n) is 20.9. The molecule has 1 aliphatic heterocycles. The fourth-order valence-electron chi connectivity index (χ4n) is 5.24. The van der Waals surface area contributed by atoms with E-state index in [1.54, 1.807) is 0 Å². The fourth-order valence-corrected chi connectivity index (χ4v) is 5.36. The number of likely N-dealkylation sites (tertiary alicyclic amines) is 1. The number of benzene rings is 3. The third-order valence-corrected chi connectivity index (χ3v) is 7.51. The van der Waals surface area contributed by atoms with Crippen molar-refractivity contribution in [1.29, 1.82) is 0 Å². The molecule has 1 heterocycles. The quantitative estimate of drug-likeness (QED) is 0.379. The van der Waals surface area contributed by atoms with Gasteiger partial charge in [-0.2, -0.15) is 0 Å². The number of rotatable bonds is 7. The molecule has 4 rings (SSSR count). The summed E-state index contributed by atoms with van der Waals surface area (Å²) in [5.41, 5.74) is 0.573. The Kier molecular flexibility index (Phi) is 8.72. The van der Waals surface area contributed by atoms with E-state index < -0.39 is 15.7 Å². The highest BCUT2D eigenvalue weighted by Crippen LogP contribution is 2.40. The van der Waals surface area contributed by atoms with E-state index >= 15 is 0 Å². The summed E-state index contributed by atoms with van der Waals surface area (Å²) in [6.45, 7) is 2.03. The number of likely N-dealkylation sites (N-methyl/N-ethyl adjacent to an activating group) is 1. The molecule has 1 fully saturated rings. The number of piperidine rings is 1. The van der Waals surface area contributed by atoms with E-state index in [0.29, 0.717) is 43.9 Å². The molecule has 3 aromatic rings. The van der Waals surface area contributed by atoms with Crippen LogP contribution in [-0.4, -0.2) is 59.8 Å². The van der Waals surface area contributed by atoms with E-state index in [2.05, 4.69) is 4.90 Å². The van der Waals surface area contributed by atoms with E-state index in [-0.39, 0.29) is 11.4 Å². The summed E-state index contributed by atoms with van der Waals surface area (Å²) >= 11 is 6.02. The minimum absolute atomic E-state index is 0. The number of hydrogen-bond acceptors (Lipinski definition) is 4. The first-order chi connectivity index (χ1) is 16.6. The van der Waals surface area contributed by atoms with Crippen molar-refractivity contribution in [1.82, 2.24) is 4.90 Å². The van der Waals surface area contributed by atoms with Gasteiger partial charge >= 0.3 is 5.91 Å². The molecule has 1 saturated heterocycles. The second-order valence-corrected chi connectivity index (χ2v) is 10.4. The van der Waals surface area contributed by atoms with Gasteiger partial charge in [0, 0.05) is 18.1 Å². The topological polar surface area (TPSA) is 95.1 Å². The summed E-state index contributed by atoms with van der Waals surface area (Å²) < 4.78 is -1.01. The zero-order valence-corrected chi connectivity index (χ0v) is 21.6. The standard InChI is InChI=1S/C29H33ClN2O3.H2O/c1-32(2,35)27(33)29(24-9-5-3-6-10-24,25-11-7-4-8-12-25)19-22-31-20-17-28(34,18-21-31)23-13-15-26(30)16-14-23;/h3-16,34H,17-22H2,1-2H3;1H2. The monoisotopic (exact) mass is 510 g/mol. The van der Waals surface area contributed by atoms with Gasteiger partial charge in [-0.3, -0.25) is 0 Å². The van der Waals surface area contributed by atoms with Gasteiger partial charge in [-0.1, -0.05) is 84.4 Å². The molecule has 0 spiro atoms. The highest BCUT2D eigenvalue weighted by atomic mass is 35.5. The maximum atomic E-state index is 13.9. The highest BCUT2D eigenvalue weighted by Gasteiger charge is 2.48. The van der Waals surface area contributed by atoms with Crippen molar-refractivity contribution in [2.45, 2.75) is 30.3 Å². The molecule has 1 amide bonds. The molecule has 36 heavy (non-hydrogen) atoms. The molecule has 0 aromatic heterocycles. The third-order valence-electron chi connectivity index (χ3n) is 7.26. The molecule has 0 saturated carbocycles. The van der Waals surface area contributed by atoms with Gasteiger partial charge in [-0.05, 0) is 54.6 Å². The zero-order chi connectivity index (χ0) is 25.1. The first-order valence-electron chi connectivity index (χ1n) is 12.1. The van der Waals surface area contributed by atoms with E-state index in [4.69, 9.17) is 11.6 Å². The molecule has 0 bridgehead atoms. The minimum Gasteiger partial charge on any atom is -0.626 e. The summed E-state index contributed by atoms with van der Waals surface area (Å²) in [4.78, 5) is 16.1. The Balaban J connectivity index is 0.00000361. The van der Waals surface area contributed by atoms with E-state index in [9.17, 15) is 15.1 Å². The average Bonchev–Trinajstić information content (AvgIpc) is 2.86. The number of quaternary nitrogens is 1. The normalized spacial score (nSPS) is 16.2. The van der Waals surface area contributed by atoms with Crippen LogP contribution in [0.25, 0.3) is 0 Å². The molecule has 192 valence electrons. The summed E-state index contributed by atoms with van der Waals surface area (Å²) in [7, 11) is 2.80. The number of carbonyl (C=O) groups is 1. The lowest BCUT2D eigenvalue weighted by molar-refractivity contribution is -0.762. The molecule has 3 aromatic carbocycles.